The molecule has 0 radical (unpaired) electrons. The molecule has 0 unspecified atom stereocenters. The maximum absolute atomic E-state index is 12.4. The molecule has 0 aliphatic carbocycles. The Morgan fingerprint density at radius 3 is 2.58 bits per heavy atom. The van der Waals surface area contributed by atoms with Crippen LogP contribution in [-0.2, 0) is 21.4 Å². The second kappa shape index (κ2) is 7.88. The largest absolute Gasteiger partial charge is 0.497 e. The first-order valence-corrected chi connectivity index (χ1v) is 9.84. The van der Waals surface area contributed by atoms with E-state index in [1.807, 2.05) is 24.3 Å². The molecule has 26 heavy (non-hydrogen) atoms. The summed E-state index contributed by atoms with van der Waals surface area (Å²) >= 11 is 0. The van der Waals surface area contributed by atoms with Crippen LogP contribution in [0.5, 0.6) is 5.75 Å². The molecule has 3 rings (SSSR count). The highest BCUT2D eigenvalue weighted by molar-refractivity contribution is 7.89. The van der Waals surface area contributed by atoms with Gasteiger partial charge in [-0.3, -0.25) is 4.79 Å². The van der Waals surface area contributed by atoms with Gasteiger partial charge in [0.25, 0.3) is 10.0 Å². The molecule has 1 aromatic heterocycles. The van der Waals surface area contributed by atoms with Crippen LogP contribution >= 0.6 is 0 Å². The van der Waals surface area contributed by atoms with E-state index >= 15 is 0 Å². The summed E-state index contributed by atoms with van der Waals surface area (Å²) in [6.45, 7) is 1.08. The first kappa shape index (κ1) is 18.4. The number of hydrogen-bond acceptors (Lipinski definition) is 5. The highest BCUT2D eigenvalue weighted by Gasteiger charge is 2.32. The normalized spacial score (nSPS) is 16.3. The molecule has 1 amide bonds. The average Bonchev–Trinajstić information content (AvgIpc) is 3.22. The summed E-state index contributed by atoms with van der Waals surface area (Å²) in [4.78, 5) is 18.7. The molecule has 0 atom stereocenters. The van der Waals surface area contributed by atoms with Gasteiger partial charge in [0.1, 0.15) is 5.75 Å². The van der Waals surface area contributed by atoms with E-state index in [9.17, 15) is 13.2 Å². The van der Waals surface area contributed by atoms with E-state index in [0.717, 1.165) is 11.3 Å². The average molecular weight is 378 g/mol. The summed E-state index contributed by atoms with van der Waals surface area (Å²) in [5.41, 5.74) is 0.985. The maximum Gasteiger partial charge on any atom is 0.260 e. The molecule has 1 aliphatic heterocycles. The molecule has 2 N–H and O–H groups in total. The Bertz CT molecular complexity index is 826. The number of benzene rings is 1. The van der Waals surface area contributed by atoms with Crippen molar-refractivity contribution in [1.82, 2.24) is 19.6 Å². The van der Waals surface area contributed by atoms with Gasteiger partial charge in [0.2, 0.25) is 5.91 Å². The number of carbonyl (C=O) groups is 1. The number of methoxy groups -OCH3 is 1. The second-order valence-corrected chi connectivity index (χ2v) is 8.07. The van der Waals surface area contributed by atoms with E-state index < -0.39 is 10.0 Å². The number of aromatic nitrogens is 2. The third-order valence-electron chi connectivity index (χ3n) is 4.54. The van der Waals surface area contributed by atoms with Gasteiger partial charge in [-0.2, -0.15) is 4.31 Å². The number of aromatic amines is 1. The molecule has 140 valence electrons. The quantitative estimate of drug-likeness (QED) is 0.784. The summed E-state index contributed by atoms with van der Waals surface area (Å²) in [5.74, 6) is 0.548. The molecule has 0 saturated carbocycles. The Labute approximate surface area is 152 Å². The fraction of sp³-hybridized carbons (Fsp3) is 0.412. The fourth-order valence-corrected chi connectivity index (χ4v) is 4.32. The molecule has 9 heteroatoms. The SMILES string of the molecule is COc1ccc(CNC(=O)C2CCN(S(=O)(=O)c3cnc[nH]3)CC2)cc1. The molecule has 0 spiro atoms. The number of piperidine rings is 1. The third kappa shape index (κ3) is 4.05. The molecule has 1 saturated heterocycles. The number of nitrogens with one attached hydrogen (secondary N) is 2. The maximum atomic E-state index is 12.4. The van der Waals surface area contributed by atoms with Gasteiger partial charge in [-0.25, -0.2) is 13.4 Å². The molecular weight excluding hydrogens is 356 g/mol. The molecular formula is C17H22N4O4S. The summed E-state index contributed by atoms with van der Waals surface area (Å²) in [5, 5.41) is 3.01. The molecule has 0 bridgehead atoms. The number of sulfonamides is 1. The van der Waals surface area contributed by atoms with Crippen molar-refractivity contribution >= 4 is 15.9 Å². The van der Waals surface area contributed by atoms with E-state index in [0.29, 0.717) is 32.5 Å². The minimum absolute atomic E-state index is 0.0422. The number of amides is 1. The fourth-order valence-electron chi connectivity index (χ4n) is 2.96. The summed E-state index contributed by atoms with van der Waals surface area (Å²) in [6.07, 6.45) is 3.64. The summed E-state index contributed by atoms with van der Waals surface area (Å²) in [7, 11) is -1.95. The van der Waals surface area contributed by atoms with Crippen LogP contribution in [-0.4, -0.2) is 48.8 Å². The second-order valence-electron chi connectivity index (χ2n) is 6.16. The van der Waals surface area contributed by atoms with Gasteiger partial charge in [0.15, 0.2) is 5.03 Å². The van der Waals surface area contributed by atoms with E-state index in [1.54, 1.807) is 7.11 Å². The number of H-pyrrole nitrogens is 1. The van der Waals surface area contributed by atoms with Crippen molar-refractivity contribution in [2.45, 2.75) is 24.4 Å². The van der Waals surface area contributed by atoms with Crippen LogP contribution in [0.4, 0.5) is 0 Å². The van der Waals surface area contributed by atoms with Gasteiger partial charge in [0, 0.05) is 25.6 Å². The van der Waals surface area contributed by atoms with Crippen LogP contribution in [0.25, 0.3) is 0 Å². The Kier molecular flexibility index (Phi) is 5.58. The van der Waals surface area contributed by atoms with Crippen molar-refractivity contribution in [3.63, 3.8) is 0 Å². The van der Waals surface area contributed by atoms with E-state index in [1.165, 1.54) is 16.8 Å². The van der Waals surface area contributed by atoms with Crippen LogP contribution in [0, 0.1) is 5.92 Å². The molecule has 8 nitrogen and oxygen atoms in total. The van der Waals surface area contributed by atoms with Crippen molar-refractivity contribution in [1.29, 1.82) is 0 Å². The zero-order valence-corrected chi connectivity index (χ0v) is 15.3. The minimum Gasteiger partial charge on any atom is -0.497 e. The van der Waals surface area contributed by atoms with Crippen LogP contribution in [0.15, 0.2) is 41.8 Å². The summed E-state index contributed by atoms with van der Waals surface area (Å²) in [6, 6.07) is 7.50. The predicted molar refractivity (Wildman–Crippen MR) is 94.9 cm³/mol. The monoisotopic (exact) mass is 378 g/mol. The molecule has 2 aromatic rings. The van der Waals surface area contributed by atoms with Crippen LogP contribution in [0.2, 0.25) is 0 Å². The van der Waals surface area contributed by atoms with E-state index in [4.69, 9.17) is 4.74 Å². The first-order valence-electron chi connectivity index (χ1n) is 8.40. The van der Waals surface area contributed by atoms with Crippen molar-refractivity contribution in [3.05, 3.63) is 42.4 Å². The van der Waals surface area contributed by atoms with Gasteiger partial charge in [-0.05, 0) is 30.5 Å². The first-order chi connectivity index (χ1) is 12.5. The Hall–Kier alpha value is -2.39. The summed E-state index contributed by atoms with van der Waals surface area (Å²) < 4.78 is 31.4. The highest BCUT2D eigenvalue weighted by Crippen LogP contribution is 2.23. The topological polar surface area (TPSA) is 104 Å². The Morgan fingerprint density at radius 2 is 2.00 bits per heavy atom. The number of nitrogens with zero attached hydrogens (tertiary/aromatic N) is 2. The van der Waals surface area contributed by atoms with Crippen LogP contribution < -0.4 is 10.1 Å². The van der Waals surface area contributed by atoms with E-state index in [2.05, 4.69) is 15.3 Å². The number of rotatable bonds is 6. The van der Waals surface area contributed by atoms with Crippen LogP contribution in [0.3, 0.4) is 0 Å². The number of carbonyl (C=O) groups excluding carboxylic acids is 1. The lowest BCUT2D eigenvalue weighted by atomic mass is 9.97. The smallest absolute Gasteiger partial charge is 0.260 e. The van der Waals surface area contributed by atoms with Crippen molar-refractivity contribution in [3.8, 4) is 5.75 Å². The van der Waals surface area contributed by atoms with Crippen LogP contribution in [0.1, 0.15) is 18.4 Å². The van der Waals surface area contributed by atoms with Gasteiger partial charge in [-0.15, -0.1) is 0 Å². The predicted octanol–water partition coefficient (Wildman–Crippen LogP) is 1.14. The molecule has 1 aromatic carbocycles. The third-order valence-corrected chi connectivity index (χ3v) is 6.37. The zero-order valence-electron chi connectivity index (χ0n) is 14.5. The van der Waals surface area contributed by atoms with Crippen molar-refractivity contribution in [2.24, 2.45) is 5.92 Å². The van der Waals surface area contributed by atoms with Gasteiger partial charge in [-0.1, -0.05) is 12.1 Å². The molecule has 1 fully saturated rings. The number of imidazole rings is 1. The minimum atomic E-state index is -3.56. The zero-order chi connectivity index (χ0) is 18.6. The lowest BCUT2D eigenvalue weighted by Gasteiger charge is -2.30. The van der Waals surface area contributed by atoms with Crippen molar-refractivity contribution < 1.29 is 17.9 Å². The molecule has 1 aliphatic rings. The van der Waals surface area contributed by atoms with Crippen molar-refractivity contribution in [2.75, 3.05) is 20.2 Å². The highest BCUT2D eigenvalue weighted by atomic mass is 32.2. The number of hydrogen-bond donors (Lipinski definition) is 2. The lowest BCUT2D eigenvalue weighted by Crippen LogP contribution is -2.42. The van der Waals surface area contributed by atoms with Gasteiger partial charge in [0.05, 0.1) is 19.6 Å². The van der Waals surface area contributed by atoms with E-state index in [-0.39, 0.29) is 16.9 Å². The number of ether oxygens (including phenoxy) is 1. The van der Waals surface area contributed by atoms with Gasteiger partial charge >= 0.3 is 0 Å². The Morgan fingerprint density at radius 1 is 1.31 bits per heavy atom. The molecule has 2 heterocycles. The Balaban J connectivity index is 1.50. The van der Waals surface area contributed by atoms with Gasteiger partial charge < -0.3 is 15.0 Å². The standard InChI is InChI=1S/C17H22N4O4S/c1-25-15-4-2-13(3-5-15)10-19-17(22)14-6-8-21(9-7-14)26(23,24)16-11-18-12-20-16/h2-5,11-12,14H,6-10H2,1H3,(H,18,20)(H,19,22). The lowest BCUT2D eigenvalue weighted by molar-refractivity contribution is -0.126.